The van der Waals surface area contributed by atoms with Crippen LogP contribution in [0.1, 0.15) is 127 Å². The normalized spacial score (nSPS) is 21.4. The number of aromatic nitrogens is 3. The number of hydrogen-bond acceptors (Lipinski definition) is 13. The third-order valence-electron chi connectivity index (χ3n) is 15.6. The number of nitrogens with two attached hydrogens (primary N) is 3. The molecule has 0 saturated carbocycles. The van der Waals surface area contributed by atoms with Crippen molar-refractivity contribution in [2.45, 2.75) is 78.9 Å². The Kier molecular flexibility index (Phi) is 23.2. The van der Waals surface area contributed by atoms with Crippen LogP contribution in [0.5, 0.6) is 0 Å². The lowest BCUT2D eigenvalue weighted by Gasteiger charge is -2.42. The predicted molar refractivity (Wildman–Crippen MR) is 320 cm³/mol. The number of hydrogen-bond donors (Lipinski definition) is 8. The molecule has 9 atom stereocenters. The van der Waals surface area contributed by atoms with Gasteiger partial charge in [-0.3, -0.25) is 53.3 Å². The van der Waals surface area contributed by atoms with Crippen LogP contribution in [0.2, 0.25) is 0 Å². The van der Waals surface area contributed by atoms with Gasteiger partial charge in [0.15, 0.2) is 0 Å². The zero-order valence-corrected chi connectivity index (χ0v) is 48.4. The van der Waals surface area contributed by atoms with Crippen molar-refractivity contribution in [1.29, 1.82) is 0 Å². The molecule has 85 heavy (non-hydrogen) atoms. The lowest BCUT2D eigenvalue weighted by atomic mass is 9.82. The second-order valence-electron chi connectivity index (χ2n) is 21.9. The summed E-state index contributed by atoms with van der Waals surface area (Å²) in [6.07, 6.45) is 10.6. The largest absolute Gasteiger partial charge is 0.474 e. The number of carboxylic acid groups (broad SMARTS) is 1. The third kappa shape index (κ3) is 18.4. The average molecular weight is 1160 g/mol. The van der Waals surface area contributed by atoms with E-state index in [0.29, 0.717) is 31.0 Å². The number of amides is 8. The van der Waals surface area contributed by atoms with Crippen LogP contribution in [-0.4, -0.2) is 103 Å². The molecule has 6 aromatic rings. The fraction of sp³-hybridized carbons (Fsp3) is 0.333. The highest BCUT2D eigenvalue weighted by atomic mass is 16.4. The number of pyridine rings is 3. The molecular weight excluding hydrogens is 1080 g/mol. The first-order valence-electron chi connectivity index (χ1n) is 27.9. The molecule has 0 bridgehead atoms. The van der Waals surface area contributed by atoms with Crippen LogP contribution in [-0.2, 0) is 28.8 Å². The van der Waals surface area contributed by atoms with Crippen LogP contribution in [0.4, 0.5) is 17.1 Å². The van der Waals surface area contributed by atoms with E-state index in [9.17, 15) is 43.2 Å². The van der Waals surface area contributed by atoms with Crippen LogP contribution in [0.15, 0.2) is 146 Å². The van der Waals surface area contributed by atoms with Gasteiger partial charge in [0, 0.05) is 37.7 Å². The van der Waals surface area contributed by atoms with Crippen LogP contribution in [0, 0.1) is 35.5 Å². The lowest BCUT2D eigenvalue weighted by Crippen LogP contribution is -2.48. The van der Waals surface area contributed by atoms with Crippen LogP contribution in [0.25, 0.3) is 0 Å². The summed E-state index contributed by atoms with van der Waals surface area (Å²) in [5.41, 5.74) is 19.9. The molecule has 446 valence electrons. The highest BCUT2D eigenvalue weighted by Gasteiger charge is 2.39. The molecule has 3 aliphatic rings. The topological polar surface area (TPSA) is 345 Å². The van der Waals surface area contributed by atoms with Gasteiger partial charge in [-0.15, -0.1) is 0 Å². The summed E-state index contributed by atoms with van der Waals surface area (Å²) in [5.74, 6) is -4.47. The summed E-state index contributed by atoms with van der Waals surface area (Å²) < 4.78 is 0. The minimum Gasteiger partial charge on any atom is -0.474 e. The van der Waals surface area contributed by atoms with E-state index in [4.69, 9.17) is 22.3 Å². The van der Waals surface area contributed by atoms with Crippen molar-refractivity contribution in [3.8, 4) is 0 Å². The molecule has 8 amide bonds. The first kappa shape index (κ1) is 64.5. The van der Waals surface area contributed by atoms with Gasteiger partial charge in [-0.2, -0.15) is 0 Å². The Morgan fingerprint density at radius 1 is 0.447 bits per heavy atom. The van der Waals surface area contributed by atoms with Gasteiger partial charge in [-0.1, -0.05) is 133 Å². The van der Waals surface area contributed by atoms with Crippen molar-refractivity contribution in [2.75, 3.05) is 35.6 Å². The van der Waals surface area contributed by atoms with E-state index in [1.165, 1.54) is 67.4 Å². The number of nitrogens with one attached hydrogen (secondary N) is 4. The fourth-order valence-electron chi connectivity index (χ4n) is 9.99. The highest BCUT2D eigenvalue weighted by Crippen LogP contribution is 2.38. The maximum Gasteiger partial charge on any atom is 0.394 e. The van der Waals surface area contributed by atoms with Gasteiger partial charge < -0.3 is 53.4 Å². The summed E-state index contributed by atoms with van der Waals surface area (Å²) >= 11 is 0. The maximum atomic E-state index is 13.0. The monoisotopic (exact) mass is 1160 g/mol. The number of benzene rings is 3. The number of carboxylic acids is 1. The average Bonchev–Trinajstić information content (AvgIpc) is 3.70. The molecule has 22 nitrogen and oxygen atoms in total. The predicted octanol–water partition coefficient (Wildman–Crippen LogP) is 6.93. The van der Waals surface area contributed by atoms with Gasteiger partial charge in [0.1, 0.15) is 0 Å². The van der Waals surface area contributed by atoms with Crippen molar-refractivity contribution >= 4 is 70.3 Å². The summed E-state index contributed by atoms with van der Waals surface area (Å²) in [4.78, 5) is 120. The van der Waals surface area contributed by atoms with Crippen molar-refractivity contribution in [1.82, 2.24) is 30.1 Å². The summed E-state index contributed by atoms with van der Waals surface area (Å²) in [7, 11) is 0. The minimum absolute atomic E-state index is 0.0817. The first-order chi connectivity index (χ1) is 40.5. The number of piperidine rings is 3. The molecule has 3 unspecified atom stereocenters. The van der Waals surface area contributed by atoms with Crippen LogP contribution in [0.3, 0.4) is 0 Å². The van der Waals surface area contributed by atoms with E-state index >= 15 is 0 Å². The number of carbonyl (C=O) groups is 9. The van der Waals surface area contributed by atoms with Gasteiger partial charge in [0.2, 0.25) is 17.7 Å². The Morgan fingerprint density at radius 2 is 0.776 bits per heavy atom. The molecule has 3 aromatic carbocycles. The van der Waals surface area contributed by atoms with Crippen molar-refractivity contribution in [3.63, 3.8) is 0 Å². The lowest BCUT2D eigenvalue weighted by molar-refractivity contribution is -0.147. The van der Waals surface area contributed by atoms with Crippen molar-refractivity contribution in [2.24, 2.45) is 52.7 Å². The Balaban J connectivity index is 0.000000190. The SMILES string of the molecule is CC1CNC(c2ccccc2)CC1C.C[C@@H]1C[C@H](c2ccccc2)N(C(=O)C(=O)Nc2cncc(C(N)=O)c2)C[C@@H]1C.C[C@@H]1C[C@H](c2ccccc2)N(C(=O)C(=O)Nc2cncc(C(N)=O)c2)C[C@H]1C.NC(=O)c1cncc(NC(=O)C(=O)O)c1. The zero-order valence-electron chi connectivity index (χ0n) is 48.4. The highest BCUT2D eigenvalue weighted by molar-refractivity contribution is 6.40. The molecule has 6 heterocycles. The number of likely N-dealkylation sites (tertiary alicyclic amines) is 2. The summed E-state index contributed by atoms with van der Waals surface area (Å²) in [6, 6.07) is 34.6. The van der Waals surface area contributed by atoms with Crippen LogP contribution >= 0.6 is 0 Å². The van der Waals surface area contributed by atoms with E-state index in [1.54, 1.807) is 9.80 Å². The van der Waals surface area contributed by atoms with E-state index in [2.05, 4.69) is 103 Å². The molecule has 0 radical (unpaired) electrons. The second kappa shape index (κ2) is 30.6. The molecule has 3 fully saturated rings. The molecule has 3 saturated heterocycles. The standard InChI is InChI=1S/2C21H24N4O3.C13H19N.C8H7N3O4/c2*1-13-8-18(15-6-4-3-5-7-15)25(12-14(13)2)21(28)20(27)24-17-9-16(19(22)26)10-23-11-17;1-10-8-13(14-9-11(10)2)12-6-4-3-5-7-12;9-6(12)4-1-5(3-10-2-4)11-7(13)8(14)15/h2*3-7,9-11,13-14,18H,8,12H2,1-2H3,(H2,22,26)(H,24,27);3-7,10-11,13-14H,8-9H2,1-2H3;1-3H,(H2,9,12)(H,11,13)(H,14,15)/t13-,14+,18-;13-,14-,18-;;/m11../s1. The number of rotatable bonds is 9. The second-order valence-corrected chi connectivity index (χ2v) is 21.9. The molecular formula is C63H74N12O10. The molecule has 9 rings (SSSR count). The van der Waals surface area contributed by atoms with Gasteiger partial charge in [0.05, 0.1) is 64.4 Å². The molecule has 22 heteroatoms. The molecule has 0 spiro atoms. The quantitative estimate of drug-likeness (QED) is 0.0681. The Morgan fingerprint density at radius 3 is 1.11 bits per heavy atom. The summed E-state index contributed by atoms with van der Waals surface area (Å²) in [5, 5.41) is 19.0. The number of carbonyl (C=O) groups excluding carboxylic acids is 8. The first-order valence-corrected chi connectivity index (χ1v) is 27.9. The zero-order chi connectivity index (χ0) is 61.9. The number of primary amides is 3. The Hall–Kier alpha value is -9.70. The molecule has 0 aliphatic carbocycles. The van der Waals surface area contributed by atoms with Crippen molar-refractivity contribution < 1.29 is 48.3 Å². The third-order valence-corrected chi connectivity index (χ3v) is 15.6. The van der Waals surface area contributed by atoms with Crippen LogP contribution < -0.4 is 38.5 Å². The van der Waals surface area contributed by atoms with Gasteiger partial charge >= 0.3 is 35.5 Å². The summed E-state index contributed by atoms with van der Waals surface area (Å²) in [6.45, 7) is 15.4. The fourth-order valence-corrected chi connectivity index (χ4v) is 9.99. The van der Waals surface area contributed by atoms with Gasteiger partial charge in [-0.25, -0.2) is 4.79 Å². The minimum atomic E-state index is -1.63. The molecule has 11 N–H and O–H groups in total. The van der Waals surface area contributed by atoms with E-state index < -0.39 is 53.2 Å². The Labute approximate surface area is 493 Å². The Bertz CT molecular complexity index is 3170. The molecule has 3 aromatic heterocycles. The van der Waals surface area contributed by atoms with E-state index in [-0.39, 0.29) is 57.7 Å². The number of nitrogens with zero attached hydrogens (tertiary/aromatic N) is 5. The van der Waals surface area contributed by atoms with E-state index in [1.807, 2.05) is 66.0 Å². The van der Waals surface area contributed by atoms with Crippen molar-refractivity contribution in [3.05, 3.63) is 180 Å². The number of aliphatic carboxylic acids is 1. The molecule has 3 aliphatic heterocycles. The number of anilines is 3. The maximum absolute atomic E-state index is 13.0. The van der Waals surface area contributed by atoms with E-state index in [0.717, 1.165) is 42.3 Å². The van der Waals surface area contributed by atoms with Gasteiger partial charge in [0.25, 0.3) is 0 Å². The van der Waals surface area contributed by atoms with Gasteiger partial charge in [-0.05, 0) is 96.2 Å². The smallest absolute Gasteiger partial charge is 0.394 e.